The number of hydrogen-bond donors (Lipinski definition) is 0. The molecule has 3 aromatic rings. The molecule has 0 N–H and O–H groups in total. The Balaban J connectivity index is 1.80. The van der Waals surface area contributed by atoms with E-state index in [1.807, 2.05) is 29.7 Å². The average Bonchev–Trinajstić information content (AvgIpc) is 3.03. The van der Waals surface area contributed by atoms with E-state index < -0.39 is 0 Å². The number of carbonyl (C=O) groups excluding carboxylic acids is 1. The molecular formula is C20H21ClN2O4S. The SMILES string of the molecule is CCOCCn1c(=NC(=O)COc2ccc(OC)cc2)sc2cc(Cl)ccc21. The number of methoxy groups -OCH3 is 1. The highest BCUT2D eigenvalue weighted by Gasteiger charge is 2.09. The van der Waals surface area contributed by atoms with Crippen LogP contribution in [0.2, 0.25) is 5.02 Å². The number of rotatable bonds is 8. The highest BCUT2D eigenvalue weighted by molar-refractivity contribution is 7.16. The Morgan fingerprint density at radius 2 is 1.93 bits per heavy atom. The molecule has 148 valence electrons. The standard InChI is InChI=1S/C20H21ClN2O4S/c1-3-26-11-10-23-17-9-4-14(21)12-18(17)28-20(23)22-19(24)13-27-16-7-5-15(25-2)6-8-16/h4-9,12H,3,10-11,13H2,1-2H3. The fourth-order valence-corrected chi connectivity index (χ4v) is 3.95. The monoisotopic (exact) mass is 420 g/mol. The topological polar surface area (TPSA) is 62.1 Å². The van der Waals surface area contributed by atoms with Crippen LogP contribution >= 0.6 is 22.9 Å². The minimum atomic E-state index is -0.362. The van der Waals surface area contributed by atoms with Gasteiger partial charge in [-0.25, -0.2) is 0 Å². The van der Waals surface area contributed by atoms with Crippen molar-refractivity contribution in [3.63, 3.8) is 0 Å². The second-order valence-corrected chi connectivity index (χ2v) is 7.26. The van der Waals surface area contributed by atoms with Crippen LogP contribution in [0, 0.1) is 0 Å². The Hall–Kier alpha value is -2.35. The summed E-state index contributed by atoms with van der Waals surface area (Å²) < 4.78 is 19.0. The normalized spacial score (nSPS) is 11.8. The van der Waals surface area contributed by atoms with Crippen LogP contribution in [0.3, 0.4) is 0 Å². The minimum absolute atomic E-state index is 0.146. The highest BCUT2D eigenvalue weighted by atomic mass is 35.5. The lowest BCUT2D eigenvalue weighted by atomic mass is 10.3. The quantitative estimate of drug-likeness (QED) is 0.518. The number of benzene rings is 2. The van der Waals surface area contributed by atoms with Crippen LogP contribution in [0.4, 0.5) is 0 Å². The molecule has 0 aliphatic carbocycles. The Morgan fingerprint density at radius 1 is 1.18 bits per heavy atom. The smallest absolute Gasteiger partial charge is 0.286 e. The van der Waals surface area contributed by atoms with Gasteiger partial charge in [0.25, 0.3) is 5.91 Å². The molecule has 0 bridgehead atoms. The molecule has 2 aromatic carbocycles. The number of fused-ring (bicyclic) bond motifs is 1. The maximum Gasteiger partial charge on any atom is 0.286 e. The summed E-state index contributed by atoms with van der Waals surface area (Å²) in [4.78, 5) is 17.2. The summed E-state index contributed by atoms with van der Waals surface area (Å²) in [5.74, 6) is 0.943. The molecule has 0 radical (unpaired) electrons. The third-order valence-corrected chi connectivity index (χ3v) is 5.23. The van der Waals surface area contributed by atoms with Gasteiger partial charge in [-0.1, -0.05) is 22.9 Å². The van der Waals surface area contributed by atoms with Crippen LogP contribution in [0.25, 0.3) is 10.2 Å². The summed E-state index contributed by atoms with van der Waals surface area (Å²) in [5, 5.41) is 0.645. The molecule has 8 heteroatoms. The van der Waals surface area contributed by atoms with Gasteiger partial charge in [0.05, 0.1) is 23.9 Å². The minimum Gasteiger partial charge on any atom is -0.497 e. The van der Waals surface area contributed by atoms with Crippen molar-refractivity contribution in [3.8, 4) is 11.5 Å². The van der Waals surface area contributed by atoms with Crippen molar-refractivity contribution in [2.45, 2.75) is 13.5 Å². The van der Waals surface area contributed by atoms with Gasteiger partial charge in [0, 0.05) is 18.2 Å². The fraction of sp³-hybridized carbons (Fsp3) is 0.300. The van der Waals surface area contributed by atoms with Gasteiger partial charge in [-0.05, 0) is 49.4 Å². The molecule has 28 heavy (non-hydrogen) atoms. The van der Waals surface area contributed by atoms with Gasteiger partial charge in [-0.3, -0.25) is 4.79 Å². The maximum absolute atomic E-state index is 12.4. The lowest BCUT2D eigenvalue weighted by molar-refractivity contribution is -0.120. The molecule has 0 aliphatic heterocycles. The maximum atomic E-state index is 12.4. The van der Waals surface area contributed by atoms with Crippen molar-refractivity contribution >= 4 is 39.1 Å². The molecular weight excluding hydrogens is 400 g/mol. The second kappa shape index (κ2) is 9.73. The van der Waals surface area contributed by atoms with Crippen molar-refractivity contribution < 1.29 is 19.0 Å². The lowest BCUT2D eigenvalue weighted by Gasteiger charge is -2.06. The third-order valence-electron chi connectivity index (χ3n) is 3.95. The largest absolute Gasteiger partial charge is 0.497 e. The number of hydrogen-bond acceptors (Lipinski definition) is 5. The first-order valence-corrected chi connectivity index (χ1v) is 10.0. The van der Waals surface area contributed by atoms with E-state index in [-0.39, 0.29) is 12.5 Å². The Bertz CT molecular complexity index is 1010. The van der Waals surface area contributed by atoms with Crippen molar-refractivity contribution in [1.82, 2.24) is 4.57 Å². The van der Waals surface area contributed by atoms with Gasteiger partial charge in [0.15, 0.2) is 11.4 Å². The van der Waals surface area contributed by atoms with Crippen molar-refractivity contribution in [3.05, 3.63) is 52.3 Å². The summed E-state index contributed by atoms with van der Waals surface area (Å²) in [6, 6.07) is 12.7. The van der Waals surface area contributed by atoms with Gasteiger partial charge >= 0.3 is 0 Å². The number of halogens is 1. The van der Waals surface area contributed by atoms with Crippen LogP contribution in [-0.2, 0) is 16.1 Å². The van der Waals surface area contributed by atoms with E-state index >= 15 is 0 Å². The molecule has 0 atom stereocenters. The summed E-state index contributed by atoms with van der Waals surface area (Å²) in [6.07, 6.45) is 0. The molecule has 3 rings (SSSR count). The Morgan fingerprint density at radius 3 is 2.64 bits per heavy atom. The van der Waals surface area contributed by atoms with Crippen LogP contribution in [-0.4, -0.2) is 37.4 Å². The number of ether oxygens (including phenoxy) is 3. The summed E-state index contributed by atoms with van der Waals surface area (Å²) in [5.41, 5.74) is 0.969. The van der Waals surface area contributed by atoms with E-state index in [0.29, 0.717) is 35.3 Å². The molecule has 0 fully saturated rings. The predicted octanol–water partition coefficient (Wildman–Crippen LogP) is 3.91. The molecule has 1 amide bonds. The predicted molar refractivity (Wildman–Crippen MR) is 110 cm³/mol. The zero-order chi connectivity index (χ0) is 19.9. The van der Waals surface area contributed by atoms with E-state index in [1.54, 1.807) is 31.4 Å². The zero-order valence-electron chi connectivity index (χ0n) is 15.7. The number of nitrogens with zero attached hydrogens (tertiary/aromatic N) is 2. The molecule has 0 unspecified atom stereocenters. The number of carbonyl (C=O) groups is 1. The van der Waals surface area contributed by atoms with Gasteiger partial charge in [0.2, 0.25) is 0 Å². The van der Waals surface area contributed by atoms with Gasteiger partial charge in [0.1, 0.15) is 11.5 Å². The van der Waals surface area contributed by atoms with Crippen LogP contribution in [0.5, 0.6) is 11.5 Å². The molecule has 0 spiro atoms. The zero-order valence-corrected chi connectivity index (χ0v) is 17.3. The Labute approximate surface area is 171 Å². The lowest BCUT2D eigenvalue weighted by Crippen LogP contribution is -2.21. The van der Waals surface area contributed by atoms with Crippen molar-refractivity contribution in [2.24, 2.45) is 4.99 Å². The highest BCUT2D eigenvalue weighted by Crippen LogP contribution is 2.22. The summed E-state index contributed by atoms with van der Waals surface area (Å²) in [6.45, 7) is 3.57. The van der Waals surface area contributed by atoms with Crippen LogP contribution < -0.4 is 14.3 Å². The van der Waals surface area contributed by atoms with Gasteiger partial charge in [-0.15, -0.1) is 0 Å². The summed E-state index contributed by atoms with van der Waals surface area (Å²) in [7, 11) is 1.59. The van der Waals surface area contributed by atoms with Crippen molar-refractivity contribution in [2.75, 3.05) is 26.9 Å². The van der Waals surface area contributed by atoms with Crippen LogP contribution in [0.15, 0.2) is 47.5 Å². The molecule has 0 aliphatic rings. The second-order valence-electron chi connectivity index (χ2n) is 5.81. The third kappa shape index (κ3) is 5.13. The first-order chi connectivity index (χ1) is 13.6. The van der Waals surface area contributed by atoms with Gasteiger partial charge < -0.3 is 18.8 Å². The fourth-order valence-electron chi connectivity index (χ4n) is 2.60. The van der Waals surface area contributed by atoms with Crippen molar-refractivity contribution in [1.29, 1.82) is 0 Å². The molecule has 6 nitrogen and oxygen atoms in total. The number of aromatic nitrogens is 1. The van der Waals surface area contributed by atoms with E-state index in [9.17, 15) is 4.79 Å². The number of amides is 1. The first kappa shape index (κ1) is 20.4. The first-order valence-electron chi connectivity index (χ1n) is 8.81. The van der Waals surface area contributed by atoms with Gasteiger partial charge in [-0.2, -0.15) is 4.99 Å². The molecule has 1 aromatic heterocycles. The summed E-state index contributed by atoms with van der Waals surface area (Å²) >= 11 is 7.51. The van der Waals surface area contributed by atoms with E-state index in [1.165, 1.54) is 11.3 Å². The number of thiazole rings is 1. The average molecular weight is 421 g/mol. The Kier molecular flexibility index (Phi) is 7.08. The van der Waals surface area contributed by atoms with E-state index in [4.69, 9.17) is 25.8 Å². The molecule has 1 heterocycles. The van der Waals surface area contributed by atoms with Crippen LogP contribution in [0.1, 0.15) is 6.92 Å². The molecule has 0 saturated carbocycles. The van der Waals surface area contributed by atoms with E-state index in [2.05, 4.69) is 4.99 Å². The molecule has 0 saturated heterocycles. The van der Waals surface area contributed by atoms with E-state index in [0.717, 1.165) is 16.0 Å².